The van der Waals surface area contributed by atoms with Crippen LogP contribution in [0.1, 0.15) is 32.4 Å². The number of carbonyl (C=O) groups excluding carboxylic acids is 2. The van der Waals surface area contributed by atoms with Crippen molar-refractivity contribution in [3.63, 3.8) is 0 Å². The predicted octanol–water partition coefficient (Wildman–Crippen LogP) is 0.277. The van der Waals surface area contributed by atoms with Gasteiger partial charge in [-0.15, -0.1) is 0 Å². The molecule has 0 N–H and O–H groups in total. The van der Waals surface area contributed by atoms with Crippen LogP contribution in [0.2, 0.25) is 0 Å². The largest absolute Gasteiger partial charge is 0.339 e. The zero-order valence-corrected chi connectivity index (χ0v) is 13.8. The zero-order chi connectivity index (χ0) is 16.8. The van der Waals surface area contributed by atoms with Crippen LogP contribution in [0.25, 0.3) is 0 Å². The van der Waals surface area contributed by atoms with Crippen molar-refractivity contribution >= 4 is 11.8 Å². The van der Waals surface area contributed by atoms with Gasteiger partial charge in [-0.2, -0.15) is 0 Å². The van der Waals surface area contributed by atoms with Crippen molar-refractivity contribution in [2.75, 3.05) is 26.2 Å². The average Bonchev–Trinajstić information content (AvgIpc) is 2.55. The van der Waals surface area contributed by atoms with Crippen LogP contribution in [0, 0.1) is 0 Å². The van der Waals surface area contributed by atoms with Crippen LogP contribution in [0.4, 0.5) is 0 Å². The summed E-state index contributed by atoms with van der Waals surface area (Å²) in [6, 6.07) is 1.51. The van der Waals surface area contributed by atoms with Gasteiger partial charge in [0.2, 0.25) is 11.8 Å². The fourth-order valence-corrected chi connectivity index (χ4v) is 2.59. The van der Waals surface area contributed by atoms with Crippen LogP contribution in [0.5, 0.6) is 0 Å². The molecule has 1 saturated heterocycles. The first-order valence-corrected chi connectivity index (χ1v) is 8.10. The first-order chi connectivity index (χ1) is 11.0. The van der Waals surface area contributed by atoms with E-state index in [9.17, 15) is 14.4 Å². The van der Waals surface area contributed by atoms with Crippen LogP contribution < -0.4 is 5.56 Å². The number of aryl methyl sites for hydroxylation is 1. The van der Waals surface area contributed by atoms with E-state index in [1.807, 2.05) is 0 Å². The Morgan fingerprint density at radius 2 is 1.83 bits per heavy atom. The predicted molar refractivity (Wildman–Crippen MR) is 85.9 cm³/mol. The van der Waals surface area contributed by atoms with Crippen LogP contribution >= 0.6 is 0 Å². The molecular weight excluding hydrogens is 296 g/mol. The molecule has 2 amide bonds. The maximum absolute atomic E-state index is 12.3. The van der Waals surface area contributed by atoms with Crippen molar-refractivity contribution < 1.29 is 9.59 Å². The molecule has 7 heteroatoms. The highest BCUT2D eigenvalue weighted by atomic mass is 16.2. The normalized spacial score (nSPS) is 14.9. The summed E-state index contributed by atoms with van der Waals surface area (Å²) < 4.78 is 1.34. The molecule has 0 radical (unpaired) electrons. The highest BCUT2D eigenvalue weighted by molar-refractivity contribution is 5.77. The minimum Gasteiger partial charge on any atom is -0.339 e. The molecule has 0 unspecified atom stereocenters. The summed E-state index contributed by atoms with van der Waals surface area (Å²) in [5.41, 5.74) is 0.581. The zero-order valence-electron chi connectivity index (χ0n) is 13.8. The summed E-state index contributed by atoms with van der Waals surface area (Å²) in [7, 11) is 0. The first-order valence-electron chi connectivity index (χ1n) is 8.10. The molecule has 1 aliphatic heterocycles. The fourth-order valence-electron chi connectivity index (χ4n) is 2.59. The van der Waals surface area contributed by atoms with Gasteiger partial charge in [0.15, 0.2) is 0 Å². The third kappa shape index (κ3) is 4.64. The molecule has 1 aromatic heterocycles. The number of piperazine rings is 1. The van der Waals surface area contributed by atoms with Gasteiger partial charge in [-0.3, -0.25) is 19.0 Å². The highest BCUT2D eigenvalue weighted by Crippen LogP contribution is 2.04. The number of hydrogen-bond donors (Lipinski definition) is 0. The van der Waals surface area contributed by atoms with Gasteiger partial charge in [0, 0.05) is 44.9 Å². The standard InChI is InChI=1S/C16H24N4O3/c1-3-4-5-14-10-15(22)20(12-17-14)11-16(23)19-8-6-18(7-9-19)13(2)21/h10,12H,3-9,11H2,1-2H3. The number of carbonyl (C=O) groups is 2. The first kappa shape index (κ1) is 17.2. The van der Waals surface area contributed by atoms with Gasteiger partial charge in [-0.05, 0) is 12.8 Å². The van der Waals surface area contributed by atoms with Gasteiger partial charge in [-0.25, -0.2) is 4.98 Å². The van der Waals surface area contributed by atoms with E-state index in [4.69, 9.17) is 0 Å². The number of aromatic nitrogens is 2. The molecule has 1 aromatic rings. The Balaban J connectivity index is 1.93. The quantitative estimate of drug-likeness (QED) is 0.781. The lowest BCUT2D eigenvalue weighted by Crippen LogP contribution is -2.51. The van der Waals surface area contributed by atoms with E-state index < -0.39 is 0 Å². The van der Waals surface area contributed by atoms with Crippen LogP contribution in [-0.4, -0.2) is 57.3 Å². The third-order valence-electron chi connectivity index (χ3n) is 4.11. The molecule has 0 aromatic carbocycles. The summed E-state index contributed by atoms with van der Waals surface area (Å²) in [5.74, 6) is -0.0846. The highest BCUT2D eigenvalue weighted by Gasteiger charge is 2.22. The molecule has 0 atom stereocenters. The molecule has 7 nitrogen and oxygen atoms in total. The number of nitrogens with zero attached hydrogens (tertiary/aromatic N) is 4. The lowest BCUT2D eigenvalue weighted by molar-refractivity contribution is -0.138. The monoisotopic (exact) mass is 320 g/mol. The van der Waals surface area contributed by atoms with Crippen LogP contribution in [0.3, 0.4) is 0 Å². The van der Waals surface area contributed by atoms with Gasteiger partial charge in [0.25, 0.3) is 5.56 Å². The Morgan fingerprint density at radius 1 is 1.17 bits per heavy atom. The Hall–Kier alpha value is -2.18. The molecule has 0 saturated carbocycles. The Labute approximate surface area is 135 Å². The van der Waals surface area contributed by atoms with Gasteiger partial charge in [0.05, 0.1) is 6.33 Å². The van der Waals surface area contributed by atoms with Crippen molar-refractivity contribution in [1.82, 2.24) is 19.4 Å². The molecule has 1 fully saturated rings. The fraction of sp³-hybridized carbons (Fsp3) is 0.625. The van der Waals surface area contributed by atoms with Gasteiger partial charge in [-0.1, -0.05) is 13.3 Å². The molecule has 126 valence electrons. The average molecular weight is 320 g/mol. The second kappa shape index (κ2) is 7.89. The maximum atomic E-state index is 12.3. The van der Waals surface area contributed by atoms with Gasteiger partial charge < -0.3 is 9.80 Å². The molecule has 0 spiro atoms. The Morgan fingerprint density at radius 3 is 2.39 bits per heavy atom. The van der Waals surface area contributed by atoms with Crippen molar-refractivity contribution in [3.8, 4) is 0 Å². The van der Waals surface area contributed by atoms with Crippen LogP contribution in [-0.2, 0) is 22.6 Å². The van der Waals surface area contributed by atoms with Crippen molar-refractivity contribution in [1.29, 1.82) is 0 Å². The minimum absolute atomic E-state index is 0.0000372. The Kier molecular flexibility index (Phi) is 5.90. The van der Waals surface area contributed by atoms with E-state index in [0.717, 1.165) is 25.0 Å². The van der Waals surface area contributed by atoms with E-state index in [-0.39, 0.29) is 23.9 Å². The number of hydrogen-bond acceptors (Lipinski definition) is 4. The van der Waals surface area contributed by atoms with E-state index >= 15 is 0 Å². The second-order valence-electron chi connectivity index (χ2n) is 5.84. The topological polar surface area (TPSA) is 75.5 Å². The molecule has 0 bridgehead atoms. The van der Waals surface area contributed by atoms with Crippen LogP contribution in [0.15, 0.2) is 17.2 Å². The summed E-state index contributed by atoms with van der Waals surface area (Å²) in [6.07, 6.45) is 4.29. The maximum Gasteiger partial charge on any atom is 0.253 e. The van der Waals surface area contributed by atoms with Gasteiger partial charge >= 0.3 is 0 Å². The SMILES string of the molecule is CCCCc1cc(=O)n(CC(=O)N2CCN(C(C)=O)CC2)cn1. The molecule has 2 rings (SSSR count). The van der Waals surface area contributed by atoms with Crippen molar-refractivity contribution in [2.45, 2.75) is 39.7 Å². The Bertz CT molecular complexity index is 618. The van der Waals surface area contributed by atoms with E-state index in [2.05, 4.69) is 11.9 Å². The van der Waals surface area contributed by atoms with Gasteiger partial charge in [0.1, 0.15) is 6.54 Å². The minimum atomic E-state index is -0.193. The molecular formula is C16H24N4O3. The smallest absolute Gasteiger partial charge is 0.253 e. The molecule has 1 aliphatic rings. The van der Waals surface area contributed by atoms with E-state index in [0.29, 0.717) is 26.2 Å². The summed E-state index contributed by atoms with van der Waals surface area (Å²) in [4.78, 5) is 43.3. The number of amides is 2. The summed E-state index contributed by atoms with van der Waals surface area (Å²) in [5, 5.41) is 0. The molecule has 2 heterocycles. The van der Waals surface area contributed by atoms with E-state index in [1.165, 1.54) is 23.9 Å². The lowest BCUT2D eigenvalue weighted by atomic mass is 10.2. The third-order valence-corrected chi connectivity index (χ3v) is 4.11. The summed E-state index contributed by atoms with van der Waals surface area (Å²) in [6.45, 7) is 5.73. The summed E-state index contributed by atoms with van der Waals surface area (Å²) >= 11 is 0. The second-order valence-corrected chi connectivity index (χ2v) is 5.84. The van der Waals surface area contributed by atoms with Crippen molar-refractivity contribution in [2.24, 2.45) is 0 Å². The lowest BCUT2D eigenvalue weighted by Gasteiger charge is -2.34. The number of unbranched alkanes of at least 4 members (excludes halogenated alkanes) is 1. The van der Waals surface area contributed by atoms with E-state index in [1.54, 1.807) is 9.80 Å². The molecule has 0 aliphatic carbocycles. The van der Waals surface area contributed by atoms with Crippen molar-refractivity contribution in [3.05, 3.63) is 28.4 Å². The number of rotatable bonds is 5. The molecule has 23 heavy (non-hydrogen) atoms.